The molecular weight excluding hydrogens is 390 g/mol. The Bertz CT molecular complexity index is 1090. The van der Waals surface area contributed by atoms with E-state index >= 15 is 0 Å². The summed E-state index contributed by atoms with van der Waals surface area (Å²) in [5.74, 6) is 2.39. The number of benzene rings is 3. The van der Waals surface area contributed by atoms with Crippen molar-refractivity contribution in [2.45, 2.75) is 18.7 Å². The van der Waals surface area contributed by atoms with Gasteiger partial charge < -0.3 is 4.74 Å². The lowest BCUT2D eigenvalue weighted by atomic mass is 10.2. The third kappa shape index (κ3) is 5.19. The summed E-state index contributed by atoms with van der Waals surface area (Å²) in [6.45, 7) is 2.44. The van der Waals surface area contributed by atoms with Crippen LogP contribution in [-0.4, -0.2) is 20.5 Å². The Hall–Kier alpha value is -3.31. The summed E-state index contributed by atoms with van der Waals surface area (Å²) in [6.07, 6.45) is 4.27. The summed E-state index contributed by atoms with van der Waals surface area (Å²) in [5.41, 5.74) is 3.44. The Morgan fingerprint density at radius 1 is 0.867 bits per heavy atom. The maximum atomic E-state index is 5.93. The van der Waals surface area contributed by atoms with Crippen LogP contribution in [-0.2, 0) is 6.61 Å². The fraction of sp³-hybridized carbons (Fsp3) is 0.120. The van der Waals surface area contributed by atoms with Gasteiger partial charge in [0.2, 0.25) is 0 Å². The van der Waals surface area contributed by atoms with Crippen LogP contribution in [0.2, 0.25) is 0 Å². The number of hydrogen-bond donors (Lipinski definition) is 0. The molecule has 0 fully saturated rings. The molecule has 0 bridgehead atoms. The lowest BCUT2D eigenvalue weighted by molar-refractivity contribution is 0.293. The molecule has 0 unspecified atom stereocenters. The number of para-hydroxylation sites is 1. The highest BCUT2D eigenvalue weighted by atomic mass is 32.2. The average Bonchev–Trinajstić information content (AvgIpc) is 3.20. The zero-order valence-electron chi connectivity index (χ0n) is 16.8. The molecule has 0 aliphatic carbocycles. The fourth-order valence-electron chi connectivity index (χ4n) is 2.98. The van der Waals surface area contributed by atoms with Crippen molar-refractivity contribution in [3.63, 3.8) is 0 Å². The fourth-order valence-corrected chi connectivity index (χ4v) is 3.76. The lowest BCUT2D eigenvalue weighted by Gasteiger charge is -2.11. The van der Waals surface area contributed by atoms with E-state index in [4.69, 9.17) is 4.74 Å². The first kappa shape index (κ1) is 20.0. The minimum atomic E-state index is 0.352. The van der Waals surface area contributed by atoms with Crippen molar-refractivity contribution in [1.29, 1.82) is 0 Å². The average molecular weight is 414 g/mol. The Morgan fingerprint density at radius 3 is 2.30 bits per heavy atom. The number of thioether (sulfide) groups is 1. The molecule has 0 saturated heterocycles. The van der Waals surface area contributed by atoms with Crippen LogP contribution in [0.3, 0.4) is 0 Å². The highest BCUT2D eigenvalue weighted by Gasteiger charge is 2.14. The maximum Gasteiger partial charge on any atom is 0.196 e. The van der Waals surface area contributed by atoms with Gasteiger partial charge >= 0.3 is 0 Å². The molecule has 0 saturated carbocycles. The molecule has 0 radical (unpaired) electrons. The normalized spacial score (nSPS) is 11.1. The predicted octanol–water partition coefficient (Wildman–Crippen LogP) is 5.96. The van der Waals surface area contributed by atoms with Gasteiger partial charge in [0.15, 0.2) is 11.0 Å². The van der Waals surface area contributed by atoms with E-state index in [-0.39, 0.29) is 0 Å². The lowest BCUT2D eigenvalue weighted by Crippen LogP contribution is -2.06. The van der Waals surface area contributed by atoms with Crippen LogP contribution in [0.1, 0.15) is 17.0 Å². The van der Waals surface area contributed by atoms with E-state index in [0.717, 1.165) is 28.2 Å². The van der Waals surface area contributed by atoms with Crippen LogP contribution < -0.4 is 4.74 Å². The van der Waals surface area contributed by atoms with Gasteiger partial charge in [-0.2, -0.15) is 0 Å². The van der Waals surface area contributed by atoms with Crippen LogP contribution in [0.25, 0.3) is 11.8 Å². The first-order chi connectivity index (χ1) is 14.8. The van der Waals surface area contributed by atoms with Crippen molar-refractivity contribution >= 4 is 17.8 Å². The first-order valence-electron chi connectivity index (χ1n) is 9.83. The molecule has 0 aliphatic rings. The van der Waals surface area contributed by atoms with E-state index in [1.54, 1.807) is 11.8 Å². The van der Waals surface area contributed by atoms with Gasteiger partial charge in [-0.3, -0.25) is 4.57 Å². The van der Waals surface area contributed by atoms with Gasteiger partial charge in [-0.1, -0.05) is 90.1 Å². The third-order valence-corrected chi connectivity index (χ3v) is 5.40. The van der Waals surface area contributed by atoms with Crippen LogP contribution in [0, 0.1) is 6.92 Å². The molecule has 0 spiro atoms. The van der Waals surface area contributed by atoms with Crippen molar-refractivity contribution in [2.24, 2.45) is 0 Å². The van der Waals surface area contributed by atoms with Crippen molar-refractivity contribution < 1.29 is 4.74 Å². The Labute approximate surface area is 181 Å². The van der Waals surface area contributed by atoms with E-state index in [2.05, 4.69) is 70.2 Å². The monoisotopic (exact) mass is 413 g/mol. The van der Waals surface area contributed by atoms with E-state index < -0.39 is 0 Å². The molecule has 4 aromatic rings. The molecule has 1 heterocycles. The van der Waals surface area contributed by atoms with E-state index in [1.807, 2.05) is 48.5 Å². The van der Waals surface area contributed by atoms with Crippen LogP contribution in [0.5, 0.6) is 5.75 Å². The number of aromatic nitrogens is 3. The molecule has 0 aliphatic heterocycles. The van der Waals surface area contributed by atoms with Gasteiger partial charge in [0.05, 0.1) is 0 Å². The minimum absolute atomic E-state index is 0.352. The number of rotatable bonds is 8. The van der Waals surface area contributed by atoms with Crippen LogP contribution >= 0.6 is 11.8 Å². The van der Waals surface area contributed by atoms with Crippen molar-refractivity contribution in [3.05, 3.63) is 108 Å². The van der Waals surface area contributed by atoms with Gasteiger partial charge in [0.25, 0.3) is 0 Å². The molecule has 5 heteroatoms. The molecule has 1 aromatic heterocycles. The Kier molecular flexibility index (Phi) is 6.62. The quantitative estimate of drug-likeness (QED) is 0.334. The number of ether oxygens (including phenoxy) is 1. The second kappa shape index (κ2) is 9.94. The molecular formula is C25H23N3OS. The minimum Gasteiger partial charge on any atom is -0.486 e. The third-order valence-electron chi connectivity index (χ3n) is 4.52. The molecule has 0 atom stereocenters. The zero-order valence-corrected chi connectivity index (χ0v) is 17.6. The van der Waals surface area contributed by atoms with Gasteiger partial charge in [0, 0.05) is 11.4 Å². The van der Waals surface area contributed by atoms with Crippen molar-refractivity contribution in [3.8, 4) is 11.4 Å². The van der Waals surface area contributed by atoms with Crippen LogP contribution in [0.4, 0.5) is 0 Å². The molecule has 3 aromatic carbocycles. The van der Waals surface area contributed by atoms with E-state index in [0.29, 0.717) is 6.61 Å². The Balaban J connectivity index is 1.52. The second-order valence-electron chi connectivity index (χ2n) is 6.80. The SMILES string of the molecule is Cc1ccc(-n2c(COc3ccccc3)nnc2SCC=Cc2ccccc2)cc1. The van der Waals surface area contributed by atoms with E-state index in [9.17, 15) is 0 Å². The van der Waals surface area contributed by atoms with Gasteiger partial charge in [-0.05, 0) is 36.8 Å². The molecule has 0 amide bonds. The highest BCUT2D eigenvalue weighted by molar-refractivity contribution is 7.99. The smallest absolute Gasteiger partial charge is 0.196 e. The van der Waals surface area contributed by atoms with Crippen molar-refractivity contribution in [2.75, 3.05) is 5.75 Å². The largest absolute Gasteiger partial charge is 0.486 e. The standard InChI is InChI=1S/C25H23N3OS/c1-20-14-16-22(17-15-20)28-24(19-29-23-12-6-3-7-13-23)26-27-25(28)30-18-8-11-21-9-4-2-5-10-21/h2-17H,18-19H2,1H3. The summed E-state index contributed by atoms with van der Waals surface area (Å²) in [5, 5.41) is 9.69. The molecule has 30 heavy (non-hydrogen) atoms. The number of hydrogen-bond acceptors (Lipinski definition) is 4. The summed E-state index contributed by atoms with van der Waals surface area (Å²) < 4.78 is 8.00. The summed E-state index contributed by atoms with van der Waals surface area (Å²) in [7, 11) is 0. The first-order valence-corrected chi connectivity index (χ1v) is 10.8. The molecule has 4 nitrogen and oxygen atoms in total. The van der Waals surface area contributed by atoms with Gasteiger partial charge in [-0.25, -0.2) is 0 Å². The summed E-state index contributed by atoms with van der Waals surface area (Å²) in [6, 6.07) is 28.4. The van der Waals surface area contributed by atoms with Crippen molar-refractivity contribution in [1.82, 2.24) is 14.8 Å². The predicted molar refractivity (Wildman–Crippen MR) is 123 cm³/mol. The summed E-state index contributed by atoms with van der Waals surface area (Å²) in [4.78, 5) is 0. The van der Waals surface area contributed by atoms with Gasteiger partial charge in [0.1, 0.15) is 12.4 Å². The highest BCUT2D eigenvalue weighted by Crippen LogP contribution is 2.24. The molecule has 4 rings (SSSR count). The topological polar surface area (TPSA) is 39.9 Å². The Morgan fingerprint density at radius 2 is 1.57 bits per heavy atom. The number of nitrogens with zero attached hydrogens (tertiary/aromatic N) is 3. The zero-order chi connectivity index (χ0) is 20.6. The maximum absolute atomic E-state index is 5.93. The second-order valence-corrected chi connectivity index (χ2v) is 7.78. The molecule has 0 N–H and O–H groups in total. The number of aryl methyl sites for hydroxylation is 1. The summed E-state index contributed by atoms with van der Waals surface area (Å²) >= 11 is 1.65. The van der Waals surface area contributed by atoms with Gasteiger partial charge in [-0.15, -0.1) is 10.2 Å². The van der Waals surface area contributed by atoms with Crippen LogP contribution in [0.15, 0.2) is 96.2 Å². The van der Waals surface area contributed by atoms with E-state index in [1.165, 1.54) is 11.1 Å². The molecule has 150 valence electrons.